The van der Waals surface area contributed by atoms with Crippen LogP contribution in [0.1, 0.15) is 24.8 Å². The summed E-state index contributed by atoms with van der Waals surface area (Å²) < 4.78 is 0. The van der Waals surface area contributed by atoms with E-state index in [1.807, 2.05) is 0 Å². The molecule has 26 heavy (non-hydrogen) atoms. The number of hydrogen-bond acceptors (Lipinski definition) is 3. The second kappa shape index (κ2) is 7.88. The Labute approximate surface area is 156 Å². The van der Waals surface area contributed by atoms with E-state index in [9.17, 15) is 0 Å². The molecule has 0 radical (unpaired) electrons. The Balaban J connectivity index is 1.54. The third kappa shape index (κ3) is 3.88. The highest BCUT2D eigenvalue weighted by atomic mass is 15.1. The summed E-state index contributed by atoms with van der Waals surface area (Å²) in [7, 11) is 0. The van der Waals surface area contributed by atoms with Gasteiger partial charge in [-0.05, 0) is 58.0 Å². The van der Waals surface area contributed by atoms with Crippen molar-refractivity contribution < 1.29 is 0 Å². The molecule has 2 heterocycles. The molecule has 0 saturated carbocycles. The van der Waals surface area contributed by atoms with Crippen LogP contribution in [0.15, 0.2) is 54.6 Å². The normalized spacial score (nSPS) is 14.8. The topological polar surface area (TPSA) is 28.2 Å². The number of nitrogens with one attached hydrogen (secondary N) is 1. The fourth-order valence-electron chi connectivity index (χ4n) is 3.73. The molecule has 0 spiro atoms. The average molecular weight is 345 g/mol. The van der Waals surface area contributed by atoms with E-state index >= 15 is 0 Å². The van der Waals surface area contributed by atoms with Gasteiger partial charge in [0, 0.05) is 23.2 Å². The fourth-order valence-corrected chi connectivity index (χ4v) is 3.73. The van der Waals surface area contributed by atoms with Crippen LogP contribution in [0.3, 0.4) is 0 Å². The van der Waals surface area contributed by atoms with Crippen molar-refractivity contribution in [3.63, 3.8) is 0 Å². The number of hydrogen-bond donors (Lipinski definition) is 1. The van der Waals surface area contributed by atoms with Crippen LogP contribution in [0.5, 0.6) is 0 Å². The lowest BCUT2D eigenvalue weighted by Gasteiger charge is -2.16. The van der Waals surface area contributed by atoms with Gasteiger partial charge < -0.3 is 10.2 Å². The van der Waals surface area contributed by atoms with Crippen LogP contribution in [0.25, 0.3) is 22.2 Å². The van der Waals surface area contributed by atoms with Crippen molar-refractivity contribution >= 4 is 16.6 Å². The summed E-state index contributed by atoms with van der Waals surface area (Å²) in [5.41, 5.74) is 5.71. The van der Waals surface area contributed by atoms with Gasteiger partial charge in [0.1, 0.15) is 0 Å². The molecule has 0 bridgehead atoms. The lowest BCUT2D eigenvalue weighted by molar-refractivity contribution is 0.337. The number of nitrogens with zero attached hydrogens (tertiary/aromatic N) is 2. The van der Waals surface area contributed by atoms with E-state index in [-0.39, 0.29) is 0 Å². The molecule has 1 aliphatic heterocycles. The molecular weight excluding hydrogens is 318 g/mol. The van der Waals surface area contributed by atoms with Crippen molar-refractivity contribution in [2.24, 2.45) is 0 Å². The van der Waals surface area contributed by atoms with Crippen LogP contribution < -0.4 is 5.32 Å². The van der Waals surface area contributed by atoms with E-state index in [1.165, 1.54) is 61.1 Å². The number of pyridine rings is 1. The molecule has 1 fully saturated rings. The van der Waals surface area contributed by atoms with Gasteiger partial charge in [-0.1, -0.05) is 48.0 Å². The number of para-hydroxylation sites is 1. The average Bonchev–Trinajstić information content (AvgIpc) is 3.19. The molecule has 4 rings (SSSR count). The van der Waals surface area contributed by atoms with Crippen LogP contribution in [-0.2, 0) is 0 Å². The van der Waals surface area contributed by atoms with Crippen molar-refractivity contribution in [1.82, 2.24) is 9.88 Å². The highest BCUT2D eigenvalue weighted by Crippen LogP contribution is 2.28. The largest absolute Gasteiger partial charge is 0.384 e. The Morgan fingerprint density at radius 3 is 2.58 bits per heavy atom. The number of fused-ring (bicyclic) bond motifs is 1. The maximum absolute atomic E-state index is 4.88. The Hall–Kier alpha value is -2.39. The standard InChI is InChI=1S/C23H27N3/c1-18-9-11-19(12-10-18)22-17-23(20-7-2-3-8-21(20)25-22)24-13-6-16-26-14-4-5-15-26/h2-3,7-12,17H,4-6,13-16H2,1H3,(H,24,25). The first-order valence-electron chi connectivity index (χ1n) is 9.73. The summed E-state index contributed by atoms with van der Waals surface area (Å²) in [5, 5.41) is 4.87. The van der Waals surface area contributed by atoms with E-state index in [1.54, 1.807) is 0 Å². The van der Waals surface area contributed by atoms with Crippen molar-refractivity contribution in [1.29, 1.82) is 0 Å². The van der Waals surface area contributed by atoms with Crippen LogP contribution in [0, 0.1) is 6.92 Å². The predicted molar refractivity (Wildman–Crippen MR) is 111 cm³/mol. The van der Waals surface area contributed by atoms with Crippen molar-refractivity contribution in [2.75, 3.05) is 31.5 Å². The first kappa shape index (κ1) is 17.0. The fraction of sp³-hybridized carbons (Fsp3) is 0.348. The first-order chi connectivity index (χ1) is 12.8. The highest BCUT2D eigenvalue weighted by molar-refractivity contribution is 5.93. The quantitative estimate of drug-likeness (QED) is 0.629. The van der Waals surface area contributed by atoms with E-state index in [4.69, 9.17) is 4.98 Å². The lowest BCUT2D eigenvalue weighted by atomic mass is 10.1. The number of rotatable bonds is 6. The smallest absolute Gasteiger partial charge is 0.0730 e. The molecule has 0 aliphatic carbocycles. The second-order valence-electron chi connectivity index (χ2n) is 7.27. The molecule has 1 saturated heterocycles. The van der Waals surface area contributed by atoms with Crippen molar-refractivity contribution in [3.8, 4) is 11.3 Å². The van der Waals surface area contributed by atoms with Gasteiger partial charge in [0.2, 0.25) is 0 Å². The molecule has 134 valence electrons. The molecule has 3 aromatic rings. The van der Waals surface area contributed by atoms with Crippen LogP contribution in [0.4, 0.5) is 5.69 Å². The van der Waals surface area contributed by atoms with Crippen LogP contribution in [-0.4, -0.2) is 36.1 Å². The van der Waals surface area contributed by atoms with Crippen molar-refractivity contribution in [2.45, 2.75) is 26.2 Å². The maximum atomic E-state index is 4.88. The van der Waals surface area contributed by atoms with Gasteiger partial charge in [-0.2, -0.15) is 0 Å². The van der Waals surface area contributed by atoms with Gasteiger partial charge in [0.05, 0.1) is 11.2 Å². The minimum absolute atomic E-state index is 0.998. The Kier molecular flexibility index (Phi) is 5.16. The van der Waals surface area contributed by atoms with E-state index < -0.39 is 0 Å². The SMILES string of the molecule is Cc1ccc(-c2cc(NCCCN3CCCC3)c3ccccc3n2)cc1. The van der Waals surface area contributed by atoms with Gasteiger partial charge >= 0.3 is 0 Å². The predicted octanol–water partition coefficient (Wildman–Crippen LogP) is 5.11. The first-order valence-corrected chi connectivity index (χ1v) is 9.73. The van der Waals surface area contributed by atoms with E-state index in [0.717, 1.165) is 17.8 Å². The third-order valence-corrected chi connectivity index (χ3v) is 5.23. The molecule has 1 N–H and O–H groups in total. The van der Waals surface area contributed by atoms with Crippen LogP contribution in [0.2, 0.25) is 0 Å². The number of benzene rings is 2. The molecule has 0 amide bonds. The zero-order valence-electron chi connectivity index (χ0n) is 15.5. The summed E-state index contributed by atoms with van der Waals surface area (Å²) in [6.07, 6.45) is 3.90. The van der Waals surface area contributed by atoms with Gasteiger partial charge in [-0.15, -0.1) is 0 Å². The Morgan fingerprint density at radius 1 is 1.00 bits per heavy atom. The molecule has 3 nitrogen and oxygen atoms in total. The second-order valence-corrected chi connectivity index (χ2v) is 7.27. The minimum Gasteiger partial charge on any atom is -0.384 e. The van der Waals surface area contributed by atoms with Crippen LogP contribution >= 0.6 is 0 Å². The lowest BCUT2D eigenvalue weighted by Crippen LogP contribution is -2.22. The highest BCUT2D eigenvalue weighted by Gasteiger charge is 2.11. The number of aromatic nitrogens is 1. The molecule has 1 aliphatic rings. The van der Waals surface area contributed by atoms with Gasteiger partial charge in [0.25, 0.3) is 0 Å². The van der Waals surface area contributed by atoms with Gasteiger partial charge in [-0.25, -0.2) is 4.98 Å². The Bertz CT molecular complexity index is 864. The minimum atomic E-state index is 0.998. The molecule has 1 aromatic heterocycles. The summed E-state index contributed by atoms with van der Waals surface area (Å²) in [6, 6.07) is 19.2. The molecule has 3 heteroatoms. The molecular formula is C23H27N3. The molecule has 0 atom stereocenters. The summed E-state index contributed by atoms with van der Waals surface area (Å²) in [6.45, 7) is 6.86. The third-order valence-electron chi connectivity index (χ3n) is 5.23. The molecule has 0 unspecified atom stereocenters. The van der Waals surface area contributed by atoms with Gasteiger partial charge in [0.15, 0.2) is 0 Å². The monoisotopic (exact) mass is 345 g/mol. The summed E-state index contributed by atoms with van der Waals surface area (Å²) in [5.74, 6) is 0. The number of anilines is 1. The maximum Gasteiger partial charge on any atom is 0.0730 e. The van der Waals surface area contributed by atoms with Crippen molar-refractivity contribution in [3.05, 3.63) is 60.2 Å². The molecule has 2 aromatic carbocycles. The van der Waals surface area contributed by atoms with E-state index in [2.05, 4.69) is 71.7 Å². The Morgan fingerprint density at radius 2 is 1.77 bits per heavy atom. The summed E-state index contributed by atoms with van der Waals surface area (Å²) >= 11 is 0. The van der Waals surface area contributed by atoms with E-state index in [0.29, 0.717) is 0 Å². The number of likely N-dealkylation sites (tertiary alicyclic amines) is 1. The summed E-state index contributed by atoms with van der Waals surface area (Å²) in [4.78, 5) is 7.45. The number of aryl methyl sites for hydroxylation is 1. The zero-order valence-corrected chi connectivity index (χ0v) is 15.5. The zero-order chi connectivity index (χ0) is 17.8. The van der Waals surface area contributed by atoms with Gasteiger partial charge in [-0.3, -0.25) is 0 Å².